The predicted molar refractivity (Wildman–Crippen MR) is 259 cm³/mol. The first-order valence-corrected chi connectivity index (χ1v) is 30.7. The second-order valence-corrected chi connectivity index (χ2v) is 27.3. The van der Waals surface area contributed by atoms with E-state index in [1.807, 2.05) is 0 Å². The van der Waals surface area contributed by atoms with Gasteiger partial charge < -0.3 is 79.2 Å². The fraction of sp³-hybridized carbons (Fsp3) is 0.822. The number of ether oxygens (including phenoxy) is 1. The Morgan fingerprint density at radius 1 is 0.960 bits per heavy atom. The number of hydrogen-bond acceptors (Lipinski definition) is 24. The molecule has 4 aliphatic carbocycles. The molecule has 424 valence electrons. The van der Waals surface area contributed by atoms with Crippen LogP contribution < -0.4 is 35.9 Å². The second kappa shape index (κ2) is 23.7. The van der Waals surface area contributed by atoms with Gasteiger partial charge in [0.1, 0.15) is 36.3 Å². The number of aliphatic hydroxyl groups excluding tert-OH is 4. The van der Waals surface area contributed by atoms with Gasteiger partial charge in [0.25, 0.3) is 15.6 Å². The molecule has 0 spiro atoms. The third-order valence-corrected chi connectivity index (χ3v) is 21.0. The van der Waals surface area contributed by atoms with Crippen molar-refractivity contribution >= 4 is 69.1 Å². The molecule has 17 atom stereocenters. The molecule has 8 N–H and O–H groups in total. The second-order valence-electron chi connectivity index (χ2n) is 22.1. The van der Waals surface area contributed by atoms with Crippen molar-refractivity contribution in [2.24, 2.45) is 51.8 Å². The van der Waals surface area contributed by atoms with Gasteiger partial charge in [0, 0.05) is 37.1 Å². The first kappa shape index (κ1) is 60.1. The van der Waals surface area contributed by atoms with Crippen molar-refractivity contribution in [1.82, 2.24) is 30.2 Å². The zero-order chi connectivity index (χ0) is 55.1. The van der Waals surface area contributed by atoms with Crippen molar-refractivity contribution in [2.45, 2.75) is 148 Å². The SMILES string of the molecule is C[C@H](CCC(=O)SCCNC(=O)CCNC(=O)[C@H](O)C(C)(C)COP(=O)([O-])OP(=O)([O-])OC[C@H]1O[C@@H](n2cnc3c(N)ncnc32)[C@H](O)[C@@H]1OP(=O)([O-])[O-])[C@H]1CC[C@H]2[C@@H]3CC[C@@H]4C[C@H](O)CC[C@]4(C)[C@H]3CC(O)C12C. The molecule has 3 heterocycles. The highest BCUT2D eigenvalue weighted by atomic mass is 32.2. The summed E-state index contributed by atoms with van der Waals surface area (Å²) in [6.07, 6.45) is 0.757. The van der Waals surface area contributed by atoms with E-state index >= 15 is 0 Å². The molecule has 7 rings (SSSR count). The number of thioether (sulfide) groups is 1. The molecule has 0 radical (unpaired) electrons. The summed E-state index contributed by atoms with van der Waals surface area (Å²) in [5.74, 6) is 1.33. The maximum Gasteiger partial charge on any atom is 0.274 e. The average Bonchev–Trinajstić information content (AvgIpc) is 4.01. The van der Waals surface area contributed by atoms with Crippen molar-refractivity contribution in [1.29, 1.82) is 0 Å². The van der Waals surface area contributed by atoms with Crippen LogP contribution in [0.3, 0.4) is 0 Å². The van der Waals surface area contributed by atoms with Crippen LogP contribution in [0.5, 0.6) is 0 Å². The van der Waals surface area contributed by atoms with E-state index in [4.69, 9.17) is 10.5 Å². The van der Waals surface area contributed by atoms with Gasteiger partial charge in [-0.1, -0.05) is 46.4 Å². The van der Waals surface area contributed by atoms with E-state index in [0.717, 1.165) is 80.4 Å². The number of aliphatic hydroxyl groups is 4. The Hall–Kier alpha value is -2.52. The molecule has 2 aromatic heterocycles. The smallest absolute Gasteiger partial charge is 0.274 e. The Morgan fingerprint density at radius 3 is 2.40 bits per heavy atom. The summed E-state index contributed by atoms with van der Waals surface area (Å²) in [6, 6.07) is 0. The fourth-order valence-corrected chi connectivity index (χ4v) is 16.5. The zero-order valence-corrected chi connectivity index (χ0v) is 46.0. The lowest BCUT2D eigenvalue weighted by Crippen LogP contribution is -2.58. The standard InChI is InChI=1S/C45H74N7O19P3S/c1-24(28-9-10-29-27-8-7-25-18-26(53)12-14-44(25,4)30(27)19-32(54)45(28,29)5)6-11-34(56)75-17-16-47-33(55)13-15-48-41(59)38(58)43(2,3)21-68-74(65,66)71-73(63,64)67-20-31-37(70-72(60,61)62)36(57)42(69-31)52-23-51-35-39(46)49-22-50-40(35)52/h22-32,36-38,42,53-54,57-58H,6-21H2,1-5H3,(H,47,55)(H,48,59)(H,63,64)(H,65,66)(H2,46,49,50)(H2,60,61,62)/p-4/t24-,25-,26-,27+,28-,29+,30+,31-,32?,36-,37-,38+,42-,44+,45?/m1/s1. The summed E-state index contributed by atoms with van der Waals surface area (Å²) in [5, 5.41) is 48.9. The van der Waals surface area contributed by atoms with Crippen LogP contribution in [0.2, 0.25) is 0 Å². The molecule has 0 aromatic carbocycles. The number of carbonyl (C=O) groups excluding carboxylic acids is 3. The summed E-state index contributed by atoms with van der Waals surface area (Å²) in [4.78, 5) is 98.3. The molecular weight excluding hydrogens is 1070 g/mol. The number of amides is 2. The van der Waals surface area contributed by atoms with Crippen LogP contribution in [0.1, 0.15) is 111 Å². The Balaban J connectivity index is 0.780. The number of hydrogen-bond donors (Lipinski definition) is 7. The van der Waals surface area contributed by atoms with Gasteiger partial charge in [-0.15, -0.1) is 0 Å². The number of nitrogens with two attached hydrogens (primary N) is 1. The average molecular weight is 1140 g/mol. The minimum Gasteiger partial charge on any atom is -0.790 e. The van der Waals surface area contributed by atoms with Crippen LogP contribution in [0, 0.1) is 51.8 Å². The first-order chi connectivity index (χ1) is 35.0. The van der Waals surface area contributed by atoms with E-state index in [0.29, 0.717) is 48.2 Å². The molecule has 1 aliphatic heterocycles. The van der Waals surface area contributed by atoms with Crippen LogP contribution in [-0.2, 0) is 50.7 Å². The van der Waals surface area contributed by atoms with Gasteiger partial charge in [-0.25, -0.2) is 19.3 Å². The third kappa shape index (κ3) is 13.7. The summed E-state index contributed by atoms with van der Waals surface area (Å²) in [5.41, 5.74) is 4.03. The molecule has 30 heteroatoms. The summed E-state index contributed by atoms with van der Waals surface area (Å²) < 4.78 is 61.1. The maximum atomic E-state index is 13.0. The predicted octanol–water partition coefficient (Wildman–Crippen LogP) is 0.544. The van der Waals surface area contributed by atoms with Crippen LogP contribution in [0.15, 0.2) is 12.7 Å². The molecular formula is C45H70N7O19P3S-4. The van der Waals surface area contributed by atoms with E-state index in [9.17, 15) is 68.1 Å². The number of carbonyl (C=O) groups is 3. The van der Waals surface area contributed by atoms with Gasteiger partial charge in [0.05, 0.1) is 39.6 Å². The molecule has 0 bridgehead atoms. The van der Waals surface area contributed by atoms with E-state index in [1.165, 1.54) is 13.8 Å². The summed E-state index contributed by atoms with van der Waals surface area (Å²) in [7, 11) is -17.7. The molecule has 75 heavy (non-hydrogen) atoms. The molecule has 2 amide bonds. The maximum absolute atomic E-state index is 13.0. The quantitative estimate of drug-likeness (QED) is 0.0590. The lowest BCUT2D eigenvalue weighted by atomic mass is 9.43. The highest BCUT2D eigenvalue weighted by molar-refractivity contribution is 8.13. The Bertz CT molecular complexity index is 2530. The number of anilines is 1. The van der Waals surface area contributed by atoms with Crippen molar-refractivity contribution in [2.75, 3.05) is 37.8 Å². The van der Waals surface area contributed by atoms with Crippen molar-refractivity contribution in [3.8, 4) is 0 Å². The van der Waals surface area contributed by atoms with Crippen molar-refractivity contribution in [3.05, 3.63) is 12.7 Å². The van der Waals surface area contributed by atoms with E-state index in [-0.39, 0.29) is 64.5 Å². The van der Waals surface area contributed by atoms with E-state index in [2.05, 4.69) is 64.2 Å². The third-order valence-electron chi connectivity index (χ3n) is 17.0. The number of fused-ring (bicyclic) bond motifs is 6. The molecule has 4 saturated carbocycles. The first-order valence-electron chi connectivity index (χ1n) is 25.3. The monoisotopic (exact) mass is 1140 g/mol. The van der Waals surface area contributed by atoms with Gasteiger partial charge in [-0.2, -0.15) is 0 Å². The normalized spacial score (nSPS) is 34.3. The van der Waals surface area contributed by atoms with Gasteiger partial charge in [-0.05, 0) is 104 Å². The van der Waals surface area contributed by atoms with Gasteiger partial charge in [0.15, 0.2) is 22.8 Å². The number of phosphoric acid groups is 3. The van der Waals surface area contributed by atoms with Gasteiger partial charge in [0.2, 0.25) is 11.8 Å². The molecule has 5 aliphatic rings. The van der Waals surface area contributed by atoms with Crippen LogP contribution in [0.25, 0.3) is 11.2 Å². The topological polar surface area (TPSA) is 415 Å². The van der Waals surface area contributed by atoms with Crippen LogP contribution in [0.4, 0.5) is 5.82 Å². The van der Waals surface area contributed by atoms with Gasteiger partial charge in [-0.3, -0.25) is 28.1 Å². The lowest BCUT2D eigenvalue weighted by molar-refractivity contribution is -0.347. The zero-order valence-electron chi connectivity index (χ0n) is 42.5. The van der Waals surface area contributed by atoms with Crippen molar-refractivity contribution in [3.63, 3.8) is 0 Å². The number of rotatable bonds is 23. The number of nitrogen functional groups attached to an aromatic ring is 1. The largest absolute Gasteiger partial charge is 0.790 e. The van der Waals surface area contributed by atoms with Crippen LogP contribution in [-0.4, -0.2) is 126 Å². The molecule has 2 aromatic rings. The van der Waals surface area contributed by atoms with E-state index < -0.39 is 90.7 Å². The van der Waals surface area contributed by atoms with Crippen LogP contribution >= 0.6 is 35.2 Å². The highest BCUT2D eigenvalue weighted by Crippen LogP contribution is 2.68. The Morgan fingerprint density at radius 2 is 1.68 bits per heavy atom. The van der Waals surface area contributed by atoms with E-state index in [1.54, 1.807) is 0 Å². The van der Waals surface area contributed by atoms with Gasteiger partial charge >= 0.3 is 0 Å². The lowest BCUT2D eigenvalue weighted by Gasteiger charge is -2.62. The number of nitrogens with one attached hydrogen (secondary N) is 2. The number of aromatic nitrogens is 4. The Kier molecular flexibility index (Phi) is 19.0. The summed E-state index contributed by atoms with van der Waals surface area (Å²) in [6.45, 7) is 6.97. The molecule has 4 unspecified atom stereocenters. The highest BCUT2D eigenvalue weighted by Gasteiger charge is 2.64. The molecule has 5 fully saturated rings. The fourth-order valence-electron chi connectivity index (χ4n) is 13.1. The Labute approximate surface area is 438 Å². The minimum atomic E-state index is -5.94. The number of phosphoric ester groups is 3. The summed E-state index contributed by atoms with van der Waals surface area (Å²) >= 11 is 1.12. The van der Waals surface area contributed by atoms with Crippen molar-refractivity contribution < 1.29 is 90.7 Å². The number of imidazole rings is 1. The molecule has 26 nitrogen and oxygen atoms in total. The number of nitrogens with zero attached hydrogens (tertiary/aromatic N) is 4. The molecule has 1 saturated heterocycles. The minimum absolute atomic E-state index is 0.00594.